The Labute approximate surface area is 195 Å². The molecule has 0 aliphatic carbocycles. The van der Waals surface area contributed by atoms with Crippen molar-refractivity contribution in [3.8, 4) is 17.2 Å². The van der Waals surface area contributed by atoms with E-state index in [4.69, 9.17) is 0 Å². The quantitative estimate of drug-likeness (QED) is 0.463. The minimum Gasteiger partial charge on any atom is -0.368 e. The van der Waals surface area contributed by atoms with Gasteiger partial charge in [0.25, 0.3) is 11.9 Å². The topological polar surface area (TPSA) is 67.2 Å². The SMILES string of the molecule is Cc1c(C(=O)N2CCN(c3ccc(F)cc3)CC2)cnn1-c1nccc(-c2ccccc2F)n1. The van der Waals surface area contributed by atoms with Gasteiger partial charge in [-0.2, -0.15) is 5.10 Å². The molecular weight excluding hydrogens is 438 g/mol. The molecule has 172 valence electrons. The zero-order valence-electron chi connectivity index (χ0n) is 18.5. The summed E-state index contributed by atoms with van der Waals surface area (Å²) in [5, 5.41) is 4.33. The van der Waals surface area contributed by atoms with Crippen molar-refractivity contribution in [1.29, 1.82) is 0 Å². The number of piperazine rings is 1. The second-order valence-corrected chi connectivity index (χ2v) is 8.03. The molecule has 0 radical (unpaired) electrons. The summed E-state index contributed by atoms with van der Waals surface area (Å²) in [4.78, 5) is 25.8. The normalized spacial score (nSPS) is 13.9. The number of rotatable bonds is 4. The molecule has 1 saturated heterocycles. The largest absolute Gasteiger partial charge is 0.368 e. The van der Waals surface area contributed by atoms with Crippen molar-refractivity contribution in [2.24, 2.45) is 0 Å². The lowest BCUT2D eigenvalue weighted by atomic mass is 10.1. The third-order valence-corrected chi connectivity index (χ3v) is 5.98. The Hall–Kier alpha value is -4.14. The molecule has 0 spiro atoms. The maximum Gasteiger partial charge on any atom is 0.257 e. The summed E-state index contributed by atoms with van der Waals surface area (Å²) in [6, 6.07) is 14.4. The molecule has 0 bridgehead atoms. The number of carbonyl (C=O) groups is 1. The van der Waals surface area contributed by atoms with E-state index in [2.05, 4.69) is 20.0 Å². The number of benzene rings is 2. The summed E-state index contributed by atoms with van der Waals surface area (Å²) in [6.45, 7) is 4.17. The number of aromatic nitrogens is 4. The predicted octanol–water partition coefficient (Wildman–Crippen LogP) is 3.88. The van der Waals surface area contributed by atoms with Crippen LogP contribution in [0.2, 0.25) is 0 Å². The van der Waals surface area contributed by atoms with E-state index < -0.39 is 0 Å². The second kappa shape index (κ2) is 9.01. The molecule has 34 heavy (non-hydrogen) atoms. The highest BCUT2D eigenvalue weighted by atomic mass is 19.1. The number of nitrogens with zero attached hydrogens (tertiary/aromatic N) is 6. The Bertz CT molecular complexity index is 1330. The molecule has 1 fully saturated rings. The van der Waals surface area contributed by atoms with Crippen LogP contribution in [0.1, 0.15) is 16.1 Å². The summed E-state index contributed by atoms with van der Waals surface area (Å²) in [5.74, 6) is -0.500. The highest BCUT2D eigenvalue weighted by molar-refractivity contribution is 5.95. The third kappa shape index (κ3) is 4.12. The van der Waals surface area contributed by atoms with Gasteiger partial charge in [-0.15, -0.1) is 0 Å². The van der Waals surface area contributed by atoms with Crippen LogP contribution >= 0.6 is 0 Å². The molecule has 0 N–H and O–H groups in total. The molecule has 9 heteroatoms. The molecule has 7 nitrogen and oxygen atoms in total. The molecule has 1 amide bonds. The monoisotopic (exact) mass is 460 g/mol. The van der Waals surface area contributed by atoms with Gasteiger partial charge in [0.1, 0.15) is 11.6 Å². The van der Waals surface area contributed by atoms with E-state index in [-0.39, 0.29) is 23.5 Å². The van der Waals surface area contributed by atoms with Gasteiger partial charge >= 0.3 is 0 Å². The fraction of sp³-hybridized carbons (Fsp3) is 0.200. The first-order valence-corrected chi connectivity index (χ1v) is 10.9. The van der Waals surface area contributed by atoms with Crippen molar-refractivity contribution in [2.45, 2.75) is 6.92 Å². The van der Waals surface area contributed by atoms with Crippen LogP contribution in [0.25, 0.3) is 17.2 Å². The average molecular weight is 460 g/mol. The lowest BCUT2D eigenvalue weighted by Gasteiger charge is -2.36. The van der Waals surface area contributed by atoms with Gasteiger partial charge in [-0.25, -0.2) is 23.4 Å². The molecule has 1 aliphatic rings. The Kier molecular flexibility index (Phi) is 5.75. The number of carbonyl (C=O) groups excluding carboxylic acids is 1. The highest BCUT2D eigenvalue weighted by Crippen LogP contribution is 2.22. The molecule has 4 aromatic rings. The van der Waals surface area contributed by atoms with Gasteiger partial charge in [-0.05, 0) is 49.4 Å². The minimum atomic E-state index is -0.375. The van der Waals surface area contributed by atoms with Crippen molar-refractivity contribution >= 4 is 11.6 Å². The molecule has 2 aromatic carbocycles. The molecule has 1 aliphatic heterocycles. The molecule has 0 unspecified atom stereocenters. The Morgan fingerprint density at radius 2 is 1.68 bits per heavy atom. The van der Waals surface area contributed by atoms with Crippen LogP contribution < -0.4 is 4.90 Å². The van der Waals surface area contributed by atoms with Gasteiger partial charge in [0.05, 0.1) is 23.1 Å². The standard InChI is InChI=1S/C25H22F2N6O/c1-17-21(24(34)32-14-12-31(13-15-32)19-8-6-18(26)7-9-19)16-29-33(17)25-28-11-10-23(30-25)20-4-2-3-5-22(20)27/h2-11,16H,12-15H2,1H3. The van der Waals surface area contributed by atoms with Crippen molar-refractivity contribution in [3.05, 3.63) is 89.9 Å². The Balaban J connectivity index is 1.33. The number of hydrogen-bond donors (Lipinski definition) is 0. The van der Waals surface area contributed by atoms with Crippen LogP contribution in [0.4, 0.5) is 14.5 Å². The van der Waals surface area contributed by atoms with Gasteiger partial charge in [-0.1, -0.05) is 12.1 Å². The van der Waals surface area contributed by atoms with Crippen molar-refractivity contribution < 1.29 is 13.6 Å². The maximum absolute atomic E-state index is 14.2. The highest BCUT2D eigenvalue weighted by Gasteiger charge is 2.26. The molecule has 0 atom stereocenters. The van der Waals surface area contributed by atoms with E-state index in [1.165, 1.54) is 29.1 Å². The first kappa shape index (κ1) is 21.7. The van der Waals surface area contributed by atoms with E-state index in [9.17, 15) is 13.6 Å². The predicted molar refractivity (Wildman–Crippen MR) is 124 cm³/mol. The van der Waals surface area contributed by atoms with E-state index in [1.54, 1.807) is 54.4 Å². The number of anilines is 1. The number of amides is 1. The van der Waals surface area contributed by atoms with Gasteiger partial charge in [-0.3, -0.25) is 4.79 Å². The van der Waals surface area contributed by atoms with Crippen LogP contribution in [0.5, 0.6) is 0 Å². The fourth-order valence-corrected chi connectivity index (χ4v) is 4.08. The van der Waals surface area contributed by atoms with Crippen LogP contribution in [0.3, 0.4) is 0 Å². The summed E-state index contributed by atoms with van der Waals surface area (Å²) in [6.07, 6.45) is 3.06. The lowest BCUT2D eigenvalue weighted by molar-refractivity contribution is 0.0746. The summed E-state index contributed by atoms with van der Waals surface area (Å²) in [5.41, 5.74) is 2.81. The van der Waals surface area contributed by atoms with E-state index >= 15 is 0 Å². The fourth-order valence-electron chi connectivity index (χ4n) is 4.08. The first-order valence-electron chi connectivity index (χ1n) is 10.9. The second-order valence-electron chi connectivity index (χ2n) is 8.03. The number of hydrogen-bond acceptors (Lipinski definition) is 5. The van der Waals surface area contributed by atoms with E-state index in [1.807, 2.05) is 0 Å². The number of halogens is 2. The Morgan fingerprint density at radius 3 is 2.41 bits per heavy atom. The van der Waals surface area contributed by atoms with Crippen molar-refractivity contribution in [3.63, 3.8) is 0 Å². The molecule has 0 saturated carbocycles. The third-order valence-electron chi connectivity index (χ3n) is 5.98. The smallest absolute Gasteiger partial charge is 0.257 e. The van der Waals surface area contributed by atoms with Gasteiger partial charge in [0, 0.05) is 43.6 Å². The first-order chi connectivity index (χ1) is 16.5. The summed E-state index contributed by atoms with van der Waals surface area (Å²) >= 11 is 0. The van der Waals surface area contributed by atoms with E-state index in [0.717, 1.165) is 5.69 Å². The summed E-state index contributed by atoms with van der Waals surface area (Å²) < 4.78 is 28.9. The maximum atomic E-state index is 14.2. The average Bonchev–Trinajstić information content (AvgIpc) is 3.26. The zero-order valence-corrected chi connectivity index (χ0v) is 18.5. The molecular formula is C25H22F2N6O. The van der Waals surface area contributed by atoms with Gasteiger partial charge in [0.15, 0.2) is 0 Å². The van der Waals surface area contributed by atoms with Crippen LogP contribution in [-0.2, 0) is 0 Å². The zero-order chi connectivity index (χ0) is 23.7. The van der Waals surface area contributed by atoms with Crippen molar-refractivity contribution in [2.75, 3.05) is 31.1 Å². The molecule has 5 rings (SSSR count). The summed E-state index contributed by atoms with van der Waals surface area (Å²) in [7, 11) is 0. The Morgan fingerprint density at radius 1 is 0.941 bits per heavy atom. The van der Waals surface area contributed by atoms with Gasteiger partial charge < -0.3 is 9.80 Å². The van der Waals surface area contributed by atoms with Gasteiger partial charge in [0.2, 0.25) is 0 Å². The molecule has 3 heterocycles. The lowest BCUT2D eigenvalue weighted by Crippen LogP contribution is -2.48. The van der Waals surface area contributed by atoms with Crippen LogP contribution in [0, 0.1) is 18.6 Å². The molecule has 2 aromatic heterocycles. The van der Waals surface area contributed by atoms with Crippen LogP contribution in [0.15, 0.2) is 67.0 Å². The van der Waals surface area contributed by atoms with Crippen LogP contribution in [-0.4, -0.2) is 56.7 Å². The van der Waals surface area contributed by atoms with E-state index in [0.29, 0.717) is 48.7 Å². The minimum absolute atomic E-state index is 0.118. The van der Waals surface area contributed by atoms with Crippen molar-refractivity contribution in [1.82, 2.24) is 24.6 Å².